The van der Waals surface area contributed by atoms with Crippen molar-refractivity contribution in [1.82, 2.24) is 9.88 Å². The van der Waals surface area contributed by atoms with Crippen molar-refractivity contribution in [3.63, 3.8) is 0 Å². The molecule has 0 spiro atoms. The van der Waals surface area contributed by atoms with Gasteiger partial charge in [0.05, 0.1) is 32.9 Å². The molecule has 1 amide bonds. The summed E-state index contributed by atoms with van der Waals surface area (Å²) in [7, 11) is 4.81. The largest absolute Gasteiger partial charge is 0.497 e. The Balaban J connectivity index is 1.88. The first-order chi connectivity index (χ1) is 12.2. The van der Waals surface area contributed by atoms with Crippen LogP contribution in [0.2, 0.25) is 0 Å². The van der Waals surface area contributed by atoms with E-state index in [0.717, 1.165) is 29.9 Å². The molecular formula is C19H22N2O4. The molecule has 3 rings (SSSR count). The number of ether oxygens (including phenoxy) is 3. The molecule has 1 aliphatic rings. The number of likely N-dealkylation sites (tertiary alicyclic amines) is 1. The summed E-state index contributed by atoms with van der Waals surface area (Å²) in [6.45, 7) is 0.713. The summed E-state index contributed by atoms with van der Waals surface area (Å²) in [6, 6.07) is 9.15. The van der Waals surface area contributed by atoms with E-state index in [1.54, 1.807) is 39.7 Å². The van der Waals surface area contributed by atoms with E-state index in [4.69, 9.17) is 14.2 Å². The Labute approximate surface area is 147 Å². The minimum Gasteiger partial charge on any atom is -0.497 e. The molecule has 25 heavy (non-hydrogen) atoms. The molecule has 6 heteroatoms. The quantitative estimate of drug-likeness (QED) is 0.836. The van der Waals surface area contributed by atoms with Crippen LogP contribution in [0.15, 0.2) is 36.5 Å². The van der Waals surface area contributed by atoms with Gasteiger partial charge in [0.25, 0.3) is 5.91 Å². The van der Waals surface area contributed by atoms with Crippen LogP contribution in [-0.4, -0.2) is 43.7 Å². The molecule has 132 valence electrons. The van der Waals surface area contributed by atoms with Crippen molar-refractivity contribution in [2.24, 2.45) is 0 Å². The summed E-state index contributed by atoms with van der Waals surface area (Å²) in [4.78, 5) is 18.9. The van der Waals surface area contributed by atoms with Gasteiger partial charge in [-0.05, 0) is 31.0 Å². The average molecular weight is 342 g/mol. The first-order valence-electron chi connectivity index (χ1n) is 8.21. The summed E-state index contributed by atoms with van der Waals surface area (Å²) >= 11 is 0. The van der Waals surface area contributed by atoms with E-state index in [1.807, 2.05) is 23.1 Å². The SMILES string of the molecule is COc1ccc([C@@H]2CCCN2C(=O)c2ccc(OC)nc2)c(OC)c1. The molecule has 6 nitrogen and oxygen atoms in total. The highest BCUT2D eigenvalue weighted by Gasteiger charge is 2.32. The van der Waals surface area contributed by atoms with Crippen molar-refractivity contribution in [2.75, 3.05) is 27.9 Å². The first kappa shape index (κ1) is 17.1. The van der Waals surface area contributed by atoms with E-state index in [1.165, 1.54) is 0 Å². The third-order valence-electron chi connectivity index (χ3n) is 4.51. The molecule has 0 bridgehead atoms. The fourth-order valence-electron chi connectivity index (χ4n) is 3.22. The Hall–Kier alpha value is -2.76. The highest BCUT2D eigenvalue weighted by atomic mass is 16.5. The monoisotopic (exact) mass is 342 g/mol. The number of carbonyl (C=O) groups excluding carboxylic acids is 1. The maximum absolute atomic E-state index is 12.9. The predicted octanol–water partition coefficient (Wildman–Crippen LogP) is 3.08. The van der Waals surface area contributed by atoms with Crippen LogP contribution in [0.4, 0.5) is 0 Å². The number of nitrogens with zero attached hydrogens (tertiary/aromatic N) is 2. The van der Waals surface area contributed by atoms with Crippen LogP contribution in [0.3, 0.4) is 0 Å². The van der Waals surface area contributed by atoms with Gasteiger partial charge in [-0.3, -0.25) is 4.79 Å². The molecule has 1 saturated heterocycles. The number of hydrogen-bond acceptors (Lipinski definition) is 5. The highest BCUT2D eigenvalue weighted by Crippen LogP contribution is 2.39. The second kappa shape index (κ2) is 7.42. The Morgan fingerprint density at radius 2 is 1.96 bits per heavy atom. The molecule has 0 N–H and O–H groups in total. The van der Waals surface area contributed by atoms with Gasteiger partial charge < -0.3 is 19.1 Å². The van der Waals surface area contributed by atoms with E-state index < -0.39 is 0 Å². The van der Waals surface area contributed by atoms with Gasteiger partial charge in [0.15, 0.2) is 0 Å². The van der Waals surface area contributed by atoms with Crippen LogP contribution in [-0.2, 0) is 0 Å². The lowest BCUT2D eigenvalue weighted by molar-refractivity contribution is 0.0733. The van der Waals surface area contributed by atoms with Gasteiger partial charge in [0.2, 0.25) is 5.88 Å². The summed E-state index contributed by atoms with van der Waals surface area (Å²) in [5.74, 6) is 1.93. The zero-order valence-electron chi connectivity index (χ0n) is 14.7. The smallest absolute Gasteiger partial charge is 0.255 e. The van der Waals surface area contributed by atoms with Crippen molar-refractivity contribution in [3.8, 4) is 17.4 Å². The fraction of sp³-hybridized carbons (Fsp3) is 0.368. The molecule has 1 aromatic carbocycles. The average Bonchev–Trinajstić information content (AvgIpc) is 3.16. The Morgan fingerprint density at radius 3 is 2.60 bits per heavy atom. The summed E-state index contributed by atoms with van der Waals surface area (Å²) < 4.78 is 15.8. The van der Waals surface area contributed by atoms with Gasteiger partial charge in [0, 0.05) is 30.4 Å². The Morgan fingerprint density at radius 1 is 1.12 bits per heavy atom. The van der Waals surface area contributed by atoms with Crippen LogP contribution in [0.25, 0.3) is 0 Å². The molecule has 0 saturated carbocycles. The lowest BCUT2D eigenvalue weighted by Crippen LogP contribution is -2.30. The van der Waals surface area contributed by atoms with Crippen LogP contribution in [0.1, 0.15) is 34.8 Å². The Bertz CT molecular complexity index is 746. The van der Waals surface area contributed by atoms with E-state index >= 15 is 0 Å². The molecule has 0 unspecified atom stereocenters. The molecule has 1 aliphatic heterocycles. The van der Waals surface area contributed by atoms with Crippen molar-refractivity contribution < 1.29 is 19.0 Å². The minimum atomic E-state index is -0.0319. The van der Waals surface area contributed by atoms with Crippen LogP contribution in [0, 0.1) is 0 Å². The van der Waals surface area contributed by atoms with Crippen LogP contribution >= 0.6 is 0 Å². The molecular weight excluding hydrogens is 320 g/mol. The second-order valence-electron chi connectivity index (χ2n) is 5.85. The topological polar surface area (TPSA) is 60.9 Å². The van der Waals surface area contributed by atoms with Crippen molar-refractivity contribution >= 4 is 5.91 Å². The number of rotatable bonds is 5. The van der Waals surface area contributed by atoms with E-state index in [2.05, 4.69) is 4.98 Å². The zero-order valence-corrected chi connectivity index (χ0v) is 14.7. The Kier molecular flexibility index (Phi) is 5.07. The van der Waals surface area contributed by atoms with Crippen molar-refractivity contribution in [1.29, 1.82) is 0 Å². The number of aromatic nitrogens is 1. The van der Waals surface area contributed by atoms with Gasteiger partial charge in [-0.2, -0.15) is 0 Å². The molecule has 1 fully saturated rings. The molecule has 1 aromatic heterocycles. The minimum absolute atomic E-state index is 0.0181. The van der Waals surface area contributed by atoms with Gasteiger partial charge >= 0.3 is 0 Å². The van der Waals surface area contributed by atoms with E-state index in [9.17, 15) is 4.79 Å². The first-order valence-corrected chi connectivity index (χ1v) is 8.21. The van der Waals surface area contributed by atoms with Gasteiger partial charge in [0.1, 0.15) is 11.5 Å². The van der Waals surface area contributed by atoms with Gasteiger partial charge in [-0.1, -0.05) is 0 Å². The van der Waals surface area contributed by atoms with Crippen LogP contribution in [0.5, 0.6) is 17.4 Å². The van der Waals surface area contributed by atoms with Gasteiger partial charge in [-0.25, -0.2) is 4.98 Å². The standard InChI is InChI=1S/C19H22N2O4/c1-23-14-7-8-15(17(11-14)24-2)16-5-4-10-21(16)19(22)13-6-9-18(25-3)20-12-13/h6-9,11-12,16H,4-5,10H2,1-3H3/t16-/m0/s1. The molecule has 2 aromatic rings. The number of pyridine rings is 1. The number of carbonyl (C=O) groups is 1. The number of methoxy groups -OCH3 is 3. The van der Waals surface area contributed by atoms with Crippen molar-refractivity contribution in [2.45, 2.75) is 18.9 Å². The van der Waals surface area contributed by atoms with Crippen LogP contribution < -0.4 is 14.2 Å². The molecule has 2 heterocycles. The fourth-order valence-corrected chi connectivity index (χ4v) is 3.22. The van der Waals surface area contributed by atoms with E-state index in [0.29, 0.717) is 18.0 Å². The molecule has 0 aliphatic carbocycles. The number of benzene rings is 1. The summed E-state index contributed by atoms with van der Waals surface area (Å²) in [5.41, 5.74) is 1.55. The third kappa shape index (κ3) is 3.38. The maximum Gasteiger partial charge on any atom is 0.255 e. The van der Waals surface area contributed by atoms with Crippen molar-refractivity contribution in [3.05, 3.63) is 47.7 Å². The maximum atomic E-state index is 12.9. The molecule has 0 radical (unpaired) electrons. The lowest BCUT2D eigenvalue weighted by atomic mass is 10.0. The summed E-state index contributed by atoms with van der Waals surface area (Å²) in [5, 5.41) is 0. The lowest BCUT2D eigenvalue weighted by Gasteiger charge is -2.26. The number of amides is 1. The number of hydrogen-bond donors (Lipinski definition) is 0. The highest BCUT2D eigenvalue weighted by molar-refractivity contribution is 5.94. The predicted molar refractivity (Wildman–Crippen MR) is 93.3 cm³/mol. The van der Waals surface area contributed by atoms with Gasteiger partial charge in [-0.15, -0.1) is 0 Å². The third-order valence-corrected chi connectivity index (χ3v) is 4.51. The molecule has 1 atom stereocenters. The zero-order chi connectivity index (χ0) is 17.8. The second-order valence-corrected chi connectivity index (χ2v) is 5.85. The van der Waals surface area contributed by atoms with E-state index in [-0.39, 0.29) is 11.9 Å². The normalized spacial score (nSPS) is 16.6. The summed E-state index contributed by atoms with van der Waals surface area (Å²) in [6.07, 6.45) is 3.41.